The molecule has 2 aromatic rings. The maximum absolute atomic E-state index is 5.29. The highest BCUT2D eigenvalue weighted by Gasteiger charge is 2.26. The molecule has 168 valence electrons. The van der Waals surface area contributed by atoms with Gasteiger partial charge in [-0.25, -0.2) is 15.0 Å². The lowest BCUT2D eigenvalue weighted by atomic mass is 10.0. The van der Waals surface area contributed by atoms with Gasteiger partial charge < -0.3 is 19.9 Å². The van der Waals surface area contributed by atoms with Crippen LogP contribution in [0.5, 0.6) is 0 Å². The zero-order chi connectivity index (χ0) is 21.3. The lowest BCUT2D eigenvalue weighted by molar-refractivity contribution is -0.0111. The van der Waals surface area contributed by atoms with Gasteiger partial charge in [-0.2, -0.15) is 0 Å². The largest absolute Gasteiger partial charge is 0.378 e. The number of piperidine rings is 1. The van der Waals surface area contributed by atoms with Crippen molar-refractivity contribution in [1.29, 1.82) is 0 Å². The van der Waals surface area contributed by atoms with Crippen molar-refractivity contribution < 1.29 is 4.74 Å². The van der Waals surface area contributed by atoms with Gasteiger partial charge >= 0.3 is 0 Å². The standard InChI is InChI=1S/C24H30N6OS/c1-2-9-30(8-1)22-5-3-4-17(13-25-22)24-28-23-21(32-24)12-20(14-26-23)29-10-6-18(7-11-29)27-19-15-31-16-19/h3-4,12-14,18-19,27H,1-2,5-11,15-16H2. The van der Waals surface area contributed by atoms with E-state index in [1.165, 1.54) is 24.4 Å². The third-order valence-corrected chi connectivity index (χ3v) is 7.91. The van der Waals surface area contributed by atoms with Gasteiger partial charge in [0.1, 0.15) is 10.8 Å². The fourth-order valence-electron chi connectivity index (χ4n) is 4.92. The molecule has 0 spiro atoms. The van der Waals surface area contributed by atoms with Crippen molar-refractivity contribution >= 4 is 38.8 Å². The summed E-state index contributed by atoms with van der Waals surface area (Å²) >= 11 is 1.72. The molecule has 1 N–H and O–H groups in total. The van der Waals surface area contributed by atoms with Crippen molar-refractivity contribution in [2.75, 3.05) is 44.3 Å². The van der Waals surface area contributed by atoms with Crippen molar-refractivity contribution in [2.45, 2.75) is 44.2 Å². The number of fused-ring (bicyclic) bond motifs is 1. The van der Waals surface area contributed by atoms with Crippen LogP contribution >= 0.6 is 11.3 Å². The lowest BCUT2D eigenvalue weighted by Crippen LogP contribution is -2.53. The Labute approximate surface area is 192 Å². The number of rotatable bonds is 4. The molecule has 32 heavy (non-hydrogen) atoms. The van der Waals surface area contributed by atoms with E-state index < -0.39 is 0 Å². The Bertz CT molecular complexity index is 1060. The number of pyridine rings is 1. The Morgan fingerprint density at radius 1 is 1.03 bits per heavy atom. The fraction of sp³-hybridized carbons (Fsp3) is 0.542. The van der Waals surface area contributed by atoms with E-state index in [4.69, 9.17) is 19.7 Å². The smallest absolute Gasteiger partial charge is 0.171 e. The molecule has 0 amide bonds. The Kier molecular flexibility index (Phi) is 5.67. The quantitative estimate of drug-likeness (QED) is 0.770. The van der Waals surface area contributed by atoms with Gasteiger partial charge in [0, 0.05) is 50.4 Å². The van der Waals surface area contributed by atoms with Crippen LogP contribution in [0.4, 0.5) is 5.69 Å². The van der Waals surface area contributed by atoms with Crippen molar-refractivity contribution in [3.8, 4) is 0 Å². The van der Waals surface area contributed by atoms with Crippen LogP contribution < -0.4 is 10.2 Å². The summed E-state index contributed by atoms with van der Waals surface area (Å²) in [5.41, 5.74) is 3.12. The third kappa shape index (κ3) is 4.19. The van der Waals surface area contributed by atoms with Crippen LogP contribution in [-0.4, -0.2) is 72.2 Å². The normalized spacial score (nSPS) is 22.8. The summed E-state index contributed by atoms with van der Waals surface area (Å²) in [5, 5.41) is 4.72. The van der Waals surface area contributed by atoms with E-state index in [0.717, 1.165) is 79.6 Å². The first-order chi connectivity index (χ1) is 15.8. The third-order valence-electron chi connectivity index (χ3n) is 6.87. The average molecular weight is 451 g/mol. The van der Waals surface area contributed by atoms with Crippen molar-refractivity contribution in [1.82, 2.24) is 20.2 Å². The summed E-state index contributed by atoms with van der Waals surface area (Å²) in [6.07, 6.45) is 14.1. The van der Waals surface area contributed by atoms with Gasteiger partial charge in [0.2, 0.25) is 0 Å². The number of amidine groups is 1. The number of nitrogens with zero attached hydrogens (tertiary/aromatic N) is 5. The molecule has 0 radical (unpaired) electrons. The Hall–Kier alpha value is -2.29. The highest BCUT2D eigenvalue weighted by molar-refractivity contribution is 7.19. The molecule has 0 bridgehead atoms. The van der Waals surface area contributed by atoms with Gasteiger partial charge in [0.15, 0.2) is 5.65 Å². The predicted molar refractivity (Wildman–Crippen MR) is 130 cm³/mol. The minimum Gasteiger partial charge on any atom is -0.378 e. The van der Waals surface area contributed by atoms with Crippen LogP contribution in [0.1, 0.15) is 37.1 Å². The van der Waals surface area contributed by atoms with Gasteiger partial charge in [-0.3, -0.25) is 0 Å². The second-order valence-electron chi connectivity index (χ2n) is 9.13. The van der Waals surface area contributed by atoms with E-state index in [9.17, 15) is 0 Å². The number of hydrogen-bond acceptors (Lipinski definition) is 8. The minimum absolute atomic E-state index is 0.559. The highest BCUT2D eigenvalue weighted by Crippen LogP contribution is 2.31. The maximum atomic E-state index is 5.29. The summed E-state index contributed by atoms with van der Waals surface area (Å²) in [6, 6.07) is 3.42. The van der Waals surface area contributed by atoms with Crippen LogP contribution in [0.3, 0.4) is 0 Å². The molecule has 3 fully saturated rings. The Morgan fingerprint density at radius 3 is 2.66 bits per heavy atom. The number of hydrogen-bond donors (Lipinski definition) is 1. The molecule has 4 aliphatic heterocycles. The molecule has 3 saturated heterocycles. The lowest BCUT2D eigenvalue weighted by Gasteiger charge is -2.37. The number of likely N-dealkylation sites (tertiary alicyclic amines) is 1. The minimum atomic E-state index is 0.559. The number of anilines is 1. The number of nitrogens with one attached hydrogen (secondary N) is 1. The van der Waals surface area contributed by atoms with Crippen molar-refractivity contribution in [2.24, 2.45) is 4.99 Å². The molecule has 6 heterocycles. The van der Waals surface area contributed by atoms with Gasteiger partial charge in [-0.1, -0.05) is 12.2 Å². The highest BCUT2D eigenvalue weighted by atomic mass is 32.1. The Morgan fingerprint density at radius 2 is 1.88 bits per heavy atom. The van der Waals surface area contributed by atoms with E-state index in [-0.39, 0.29) is 0 Å². The predicted octanol–water partition coefficient (Wildman–Crippen LogP) is 3.44. The zero-order valence-electron chi connectivity index (χ0n) is 18.4. The number of aliphatic imine (C=N–C) groups is 1. The molecule has 6 rings (SSSR count). The van der Waals surface area contributed by atoms with Crippen molar-refractivity contribution in [3.63, 3.8) is 0 Å². The van der Waals surface area contributed by atoms with Crippen LogP contribution in [0.2, 0.25) is 0 Å². The number of allylic oxidation sites excluding steroid dienone is 2. The molecule has 0 aliphatic carbocycles. The van der Waals surface area contributed by atoms with Gasteiger partial charge in [-0.05, 0) is 31.7 Å². The van der Waals surface area contributed by atoms with Crippen LogP contribution in [0.25, 0.3) is 15.9 Å². The second kappa shape index (κ2) is 8.92. The summed E-state index contributed by atoms with van der Waals surface area (Å²) in [4.78, 5) is 19.2. The van der Waals surface area contributed by atoms with Crippen LogP contribution in [0.15, 0.2) is 35.6 Å². The Balaban J connectivity index is 1.16. The van der Waals surface area contributed by atoms with E-state index in [0.29, 0.717) is 12.1 Å². The van der Waals surface area contributed by atoms with E-state index in [1.807, 2.05) is 12.4 Å². The average Bonchev–Trinajstić information content (AvgIpc) is 3.41. The molecule has 0 aromatic carbocycles. The SMILES string of the molecule is C1=CC(c2nc3ncc(N4CCC(NC5COC5)CC4)cc3s2)=CN=C(N2CCCC2)C1. The molecule has 7 nitrogen and oxygen atoms in total. The molecular weight excluding hydrogens is 420 g/mol. The number of ether oxygens (including phenoxy) is 1. The summed E-state index contributed by atoms with van der Waals surface area (Å²) in [6.45, 7) is 6.12. The first-order valence-electron chi connectivity index (χ1n) is 11.9. The molecule has 0 unspecified atom stereocenters. The van der Waals surface area contributed by atoms with Gasteiger partial charge in [0.25, 0.3) is 0 Å². The van der Waals surface area contributed by atoms with Gasteiger partial charge in [-0.15, -0.1) is 11.3 Å². The van der Waals surface area contributed by atoms with E-state index in [2.05, 4.69) is 33.3 Å². The zero-order valence-corrected chi connectivity index (χ0v) is 19.2. The molecule has 0 saturated carbocycles. The first-order valence-corrected chi connectivity index (χ1v) is 12.7. The molecule has 2 aromatic heterocycles. The number of aromatic nitrogens is 2. The summed E-state index contributed by atoms with van der Waals surface area (Å²) in [5.74, 6) is 1.18. The topological polar surface area (TPSA) is 65.9 Å². The molecule has 0 atom stereocenters. The number of thiazole rings is 1. The second-order valence-corrected chi connectivity index (χ2v) is 10.2. The van der Waals surface area contributed by atoms with Crippen LogP contribution in [-0.2, 0) is 4.74 Å². The molecule has 8 heteroatoms. The molecule has 4 aliphatic rings. The fourth-order valence-corrected chi connectivity index (χ4v) is 5.87. The first kappa shape index (κ1) is 20.3. The van der Waals surface area contributed by atoms with Crippen molar-refractivity contribution in [3.05, 3.63) is 35.6 Å². The van der Waals surface area contributed by atoms with E-state index in [1.54, 1.807) is 11.3 Å². The summed E-state index contributed by atoms with van der Waals surface area (Å²) in [7, 11) is 0. The monoisotopic (exact) mass is 450 g/mol. The van der Waals surface area contributed by atoms with Crippen LogP contribution in [0, 0.1) is 0 Å². The summed E-state index contributed by atoms with van der Waals surface area (Å²) < 4.78 is 6.43. The maximum Gasteiger partial charge on any atom is 0.171 e. The van der Waals surface area contributed by atoms with Gasteiger partial charge in [0.05, 0.1) is 35.8 Å². The van der Waals surface area contributed by atoms with E-state index >= 15 is 0 Å². The molecular formula is C24H30N6OS.